The molecule has 178 valence electrons. The third kappa shape index (κ3) is 5.50. The zero-order valence-corrected chi connectivity index (χ0v) is 20.6. The highest BCUT2D eigenvalue weighted by molar-refractivity contribution is 7.89. The van der Waals surface area contributed by atoms with Crippen LogP contribution in [0, 0.1) is 0 Å². The molecule has 1 heterocycles. The number of hydrogen-bond donors (Lipinski definition) is 1. The molecule has 0 saturated carbocycles. The Labute approximate surface area is 205 Å². The van der Waals surface area contributed by atoms with Gasteiger partial charge in [0.15, 0.2) is 0 Å². The van der Waals surface area contributed by atoms with E-state index in [1.165, 1.54) is 22.5 Å². The Morgan fingerprint density at radius 1 is 1.00 bits per heavy atom. The number of carbonyl (C=O) groups excluding carboxylic acids is 1. The van der Waals surface area contributed by atoms with Crippen molar-refractivity contribution in [2.24, 2.45) is 0 Å². The van der Waals surface area contributed by atoms with Crippen LogP contribution < -0.4 is 5.32 Å². The lowest BCUT2D eigenvalue weighted by atomic mass is 10.0. The normalized spacial score (nSPS) is 19.0. The molecular weight excluding hydrogens is 472 g/mol. The minimum Gasteiger partial charge on any atom is -0.373 e. The van der Waals surface area contributed by atoms with Gasteiger partial charge >= 0.3 is 0 Å². The number of nitrogens with zero attached hydrogens (tertiary/aromatic N) is 1. The van der Waals surface area contributed by atoms with Crippen molar-refractivity contribution in [1.82, 2.24) is 4.31 Å². The topological polar surface area (TPSA) is 75.7 Å². The Morgan fingerprint density at radius 3 is 2.35 bits per heavy atom. The summed E-state index contributed by atoms with van der Waals surface area (Å²) in [4.78, 5) is 13.0. The first-order valence-corrected chi connectivity index (χ1v) is 12.9. The van der Waals surface area contributed by atoms with Crippen molar-refractivity contribution in [1.29, 1.82) is 0 Å². The lowest BCUT2D eigenvalue weighted by Crippen LogP contribution is -2.48. The molecule has 34 heavy (non-hydrogen) atoms. The third-order valence-corrected chi connectivity index (χ3v) is 8.01. The van der Waals surface area contributed by atoms with Gasteiger partial charge in [0.2, 0.25) is 10.0 Å². The van der Waals surface area contributed by atoms with Crippen molar-refractivity contribution in [2.45, 2.75) is 37.4 Å². The van der Waals surface area contributed by atoms with E-state index in [9.17, 15) is 13.2 Å². The van der Waals surface area contributed by atoms with Gasteiger partial charge in [-0.1, -0.05) is 60.1 Å². The van der Waals surface area contributed by atoms with Crippen LogP contribution in [0.2, 0.25) is 5.02 Å². The fraction of sp³-hybridized carbons (Fsp3) is 0.269. The molecule has 3 aromatic rings. The van der Waals surface area contributed by atoms with E-state index in [-0.39, 0.29) is 40.8 Å². The molecule has 0 aromatic heterocycles. The number of morpholine rings is 1. The molecule has 0 spiro atoms. The van der Waals surface area contributed by atoms with Crippen molar-refractivity contribution >= 4 is 33.2 Å². The highest BCUT2D eigenvalue weighted by Crippen LogP contribution is 2.29. The number of ether oxygens (including phenoxy) is 1. The Morgan fingerprint density at radius 2 is 1.65 bits per heavy atom. The Bertz CT molecular complexity index is 1270. The molecule has 1 saturated heterocycles. The van der Waals surface area contributed by atoms with Crippen LogP contribution in [0.15, 0.2) is 77.7 Å². The molecule has 1 aliphatic heterocycles. The van der Waals surface area contributed by atoms with Crippen molar-refractivity contribution < 1.29 is 17.9 Å². The molecule has 0 unspecified atom stereocenters. The summed E-state index contributed by atoms with van der Waals surface area (Å²) in [5, 5.41) is 3.01. The molecule has 2 atom stereocenters. The summed E-state index contributed by atoms with van der Waals surface area (Å²) in [6.45, 7) is 4.12. The van der Waals surface area contributed by atoms with E-state index in [4.69, 9.17) is 16.3 Å². The fourth-order valence-electron chi connectivity index (χ4n) is 4.11. The number of nitrogens with one attached hydrogen (secondary N) is 1. The summed E-state index contributed by atoms with van der Waals surface area (Å²) >= 11 is 6.28. The van der Waals surface area contributed by atoms with Gasteiger partial charge in [-0.25, -0.2) is 8.42 Å². The van der Waals surface area contributed by atoms with Gasteiger partial charge in [0.1, 0.15) is 4.90 Å². The number of hydrogen-bond acceptors (Lipinski definition) is 4. The second kappa shape index (κ2) is 10.3. The predicted octanol–water partition coefficient (Wildman–Crippen LogP) is 4.98. The maximum Gasteiger partial charge on any atom is 0.255 e. The van der Waals surface area contributed by atoms with E-state index < -0.39 is 15.9 Å². The summed E-state index contributed by atoms with van der Waals surface area (Å²) < 4.78 is 33.7. The number of sulfonamides is 1. The lowest BCUT2D eigenvalue weighted by Gasteiger charge is -2.34. The van der Waals surface area contributed by atoms with Gasteiger partial charge in [-0.3, -0.25) is 4.79 Å². The average molecular weight is 499 g/mol. The largest absolute Gasteiger partial charge is 0.373 e. The maximum absolute atomic E-state index is 13.3. The summed E-state index contributed by atoms with van der Waals surface area (Å²) in [7, 11) is -3.89. The summed E-state index contributed by atoms with van der Waals surface area (Å²) in [5.41, 5.74) is 2.97. The molecule has 1 N–H and O–H groups in total. The van der Waals surface area contributed by atoms with Crippen molar-refractivity contribution in [3.05, 3.63) is 94.5 Å². The van der Waals surface area contributed by atoms with Gasteiger partial charge < -0.3 is 10.1 Å². The molecular formula is C26H27ClN2O4S. The second-order valence-corrected chi connectivity index (χ2v) is 10.8. The van der Waals surface area contributed by atoms with Gasteiger partial charge in [-0.05, 0) is 55.7 Å². The summed E-state index contributed by atoms with van der Waals surface area (Å²) in [6.07, 6.45) is 0.195. The number of halogens is 1. The van der Waals surface area contributed by atoms with Gasteiger partial charge in [0.05, 0.1) is 17.2 Å². The molecule has 0 bridgehead atoms. The summed E-state index contributed by atoms with van der Waals surface area (Å²) in [5.74, 6) is -0.405. The summed E-state index contributed by atoms with van der Waals surface area (Å²) in [6, 6.07) is 21.9. The maximum atomic E-state index is 13.3. The number of rotatable bonds is 6. The average Bonchev–Trinajstić information content (AvgIpc) is 2.80. The molecule has 3 aromatic carbocycles. The van der Waals surface area contributed by atoms with Gasteiger partial charge in [0.25, 0.3) is 5.91 Å². The number of carbonyl (C=O) groups is 1. The number of para-hydroxylation sites is 1. The molecule has 1 fully saturated rings. The Kier molecular flexibility index (Phi) is 7.38. The van der Waals surface area contributed by atoms with E-state index in [1.54, 1.807) is 0 Å². The fourth-order valence-corrected chi connectivity index (χ4v) is 6.21. The SMILES string of the molecule is C[C@@H]1CN(S(=O)(=O)c2cc(C(=O)Nc3ccccc3Cc3ccccc3)ccc2Cl)C[C@H](C)O1. The smallest absolute Gasteiger partial charge is 0.255 e. The Balaban J connectivity index is 1.59. The zero-order valence-electron chi connectivity index (χ0n) is 19.1. The monoisotopic (exact) mass is 498 g/mol. The van der Waals surface area contributed by atoms with Gasteiger partial charge in [-0.15, -0.1) is 0 Å². The first kappa shape index (κ1) is 24.4. The standard InChI is InChI=1S/C26H27ClN2O4S/c1-18-16-29(17-19(2)33-18)34(31,32)25-15-22(12-13-23(25)27)26(30)28-24-11-7-6-10-21(24)14-20-8-4-3-5-9-20/h3-13,15,18-19H,14,16-17H2,1-2H3,(H,28,30)/t18-,19+. The number of amides is 1. The molecule has 1 aliphatic rings. The molecule has 8 heteroatoms. The van der Waals surface area contributed by atoms with E-state index in [0.29, 0.717) is 12.1 Å². The number of anilines is 1. The minimum atomic E-state index is -3.89. The van der Waals surface area contributed by atoms with Crippen molar-refractivity contribution in [3.8, 4) is 0 Å². The van der Waals surface area contributed by atoms with E-state index in [1.807, 2.05) is 68.4 Å². The highest BCUT2D eigenvalue weighted by atomic mass is 35.5. The molecule has 1 amide bonds. The molecule has 0 radical (unpaired) electrons. The molecule has 6 nitrogen and oxygen atoms in total. The van der Waals surface area contributed by atoms with Gasteiger partial charge in [-0.2, -0.15) is 4.31 Å². The van der Waals surface area contributed by atoms with Crippen LogP contribution in [0.4, 0.5) is 5.69 Å². The van der Waals surface area contributed by atoms with Crippen LogP contribution in [-0.2, 0) is 21.2 Å². The Hall–Kier alpha value is -2.71. The van der Waals surface area contributed by atoms with Crippen LogP contribution in [0.1, 0.15) is 35.3 Å². The molecule has 0 aliphatic carbocycles. The first-order valence-electron chi connectivity index (χ1n) is 11.1. The van der Waals surface area contributed by atoms with Crippen LogP contribution in [0.3, 0.4) is 0 Å². The molecule has 4 rings (SSSR count). The third-order valence-electron chi connectivity index (χ3n) is 5.70. The number of benzene rings is 3. The quantitative estimate of drug-likeness (QED) is 0.520. The van der Waals surface area contributed by atoms with Crippen LogP contribution >= 0.6 is 11.6 Å². The highest BCUT2D eigenvalue weighted by Gasteiger charge is 2.34. The van der Waals surface area contributed by atoms with E-state index >= 15 is 0 Å². The lowest BCUT2D eigenvalue weighted by molar-refractivity contribution is -0.0440. The van der Waals surface area contributed by atoms with Crippen LogP contribution in [0.5, 0.6) is 0 Å². The van der Waals surface area contributed by atoms with Crippen LogP contribution in [0.25, 0.3) is 0 Å². The van der Waals surface area contributed by atoms with Gasteiger partial charge in [0, 0.05) is 24.3 Å². The van der Waals surface area contributed by atoms with Crippen molar-refractivity contribution in [2.75, 3.05) is 18.4 Å². The van der Waals surface area contributed by atoms with Crippen LogP contribution in [-0.4, -0.2) is 43.9 Å². The predicted molar refractivity (Wildman–Crippen MR) is 134 cm³/mol. The zero-order chi connectivity index (χ0) is 24.3. The minimum absolute atomic E-state index is 0.0767. The van der Waals surface area contributed by atoms with E-state index in [2.05, 4.69) is 5.32 Å². The van der Waals surface area contributed by atoms with E-state index in [0.717, 1.165) is 11.1 Å². The second-order valence-electron chi connectivity index (χ2n) is 8.50. The van der Waals surface area contributed by atoms with Crippen molar-refractivity contribution in [3.63, 3.8) is 0 Å². The first-order chi connectivity index (χ1) is 16.2.